The molecule has 112 valence electrons. The first-order valence-corrected chi connectivity index (χ1v) is 6.98. The van der Waals surface area contributed by atoms with Crippen molar-refractivity contribution in [2.75, 3.05) is 7.05 Å². The van der Waals surface area contributed by atoms with Gasteiger partial charge < -0.3 is 5.32 Å². The molecule has 0 heterocycles. The van der Waals surface area contributed by atoms with Gasteiger partial charge >= 0.3 is 0 Å². The number of rotatable bonds is 4. The fourth-order valence-corrected chi connectivity index (χ4v) is 2.52. The van der Waals surface area contributed by atoms with E-state index in [2.05, 4.69) is 21.2 Å². The van der Waals surface area contributed by atoms with Crippen LogP contribution in [-0.4, -0.2) is 7.05 Å². The third-order valence-electron chi connectivity index (χ3n) is 3.21. The van der Waals surface area contributed by atoms with Crippen molar-refractivity contribution in [3.8, 4) is 0 Å². The van der Waals surface area contributed by atoms with Crippen molar-refractivity contribution >= 4 is 15.9 Å². The number of nitrogens with one attached hydrogen (secondary N) is 1. The fourth-order valence-electron chi connectivity index (χ4n) is 2.09. The van der Waals surface area contributed by atoms with Crippen LogP contribution in [0.15, 0.2) is 34.8 Å². The molecule has 0 radical (unpaired) electrons. The molecule has 2 rings (SSSR count). The Morgan fingerprint density at radius 2 is 1.67 bits per heavy atom. The number of likely N-dealkylation sites (N-methyl/N-ethyl adjacent to an activating group) is 1. The molecule has 0 aliphatic heterocycles. The van der Waals surface area contributed by atoms with Crippen molar-refractivity contribution in [2.45, 2.75) is 12.5 Å². The van der Waals surface area contributed by atoms with Crippen molar-refractivity contribution < 1.29 is 17.6 Å². The van der Waals surface area contributed by atoms with Gasteiger partial charge in [-0.1, -0.05) is 12.1 Å². The highest BCUT2D eigenvalue weighted by molar-refractivity contribution is 9.10. The maximum Gasteiger partial charge on any atom is 0.194 e. The second-order valence-electron chi connectivity index (χ2n) is 4.56. The smallest absolute Gasteiger partial charge is 0.194 e. The zero-order chi connectivity index (χ0) is 15.6. The van der Waals surface area contributed by atoms with Crippen LogP contribution in [0.25, 0.3) is 0 Å². The van der Waals surface area contributed by atoms with E-state index in [1.807, 2.05) is 0 Å². The largest absolute Gasteiger partial charge is 0.313 e. The van der Waals surface area contributed by atoms with E-state index >= 15 is 0 Å². The van der Waals surface area contributed by atoms with Crippen molar-refractivity contribution in [1.82, 2.24) is 5.32 Å². The summed E-state index contributed by atoms with van der Waals surface area (Å²) in [7, 11) is 1.61. The number of benzene rings is 2. The molecule has 6 heteroatoms. The van der Waals surface area contributed by atoms with E-state index < -0.39 is 29.3 Å². The molecule has 0 saturated carbocycles. The molecular formula is C15H12BrF4N. The van der Waals surface area contributed by atoms with Crippen molar-refractivity contribution in [3.05, 3.63) is 69.2 Å². The number of halogens is 5. The van der Waals surface area contributed by atoms with E-state index in [1.54, 1.807) is 19.2 Å². The Hall–Kier alpha value is -1.40. The summed E-state index contributed by atoms with van der Waals surface area (Å²) in [4.78, 5) is 0. The summed E-state index contributed by atoms with van der Waals surface area (Å²) in [5.74, 6) is -4.41. The van der Waals surface area contributed by atoms with Gasteiger partial charge in [-0.05, 0) is 58.7 Å². The Morgan fingerprint density at radius 3 is 2.24 bits per heavy atom. The van der Waals surface area contributed by atoms with E-state index in [1.165, 1.54) is 6.07 Å². The van der Waals surface area contributed by atoms with Crippen LogP contribution >= 0.6 is 15.9 Å². The first kappa shape index (κ1) is 16.0. The topological polar surface area (TPSA) is 12.0 Å². The SMILES string of the molecule is CNC(Cc1cccc(F)c1Br)c1cc(F)c(F)c(F)c1. The maximum atomic E-state index is 13.5. The van der Waals surface area contributed by atoms with E-state index in [-0.39, 0.29) is 5.56 Å². The predicted molar refractivity (Wildman–Crippen MR) is 75.9 cm³/mol. The molecule has 0 bridgehead atoms. The Labute approximate surface area is 128 Å². The van der Waals surface area contributed by atoms with Gasteiger partial charge in [-0.25, -0.2) is 17.6 Å². The molecular weight excluding hydrogens is 350 g/mol. The lowest BCUT2D eigenvalue weighted by Crippen LogP contribution is -2.20. The highest BCUT2D eigenvalue weighted by Crippen LogP contribution is 2.27. The molecule has 0 aliphatic rings. The zero-order valence-electron chi connectivity index (χ0n) is 11.1. The van der Waals surface area contributed by atoms with Gasteiger partial charge in [0, 0.05) is 6.04 Å². The minimum Gasteiger partial charge on any atom is -0.313 e. The van der Waals surface area contributed by atoms with E-state index in [0.717, 1.165) is 12.1 Å². The molecule has 1 unspecified atom stereocenters. The summed E-state index contributed by atoms with van der Waals surface area (Å²) in [5, 5.41) is 2.89. The van der Waals surface area contributed by atoms with Crippen LogP contribution in [-0.2, 0) is 6.42 Å². The van der Waals surface area contributed by atoms with Crippen molar-refractivity contribution in [1.29, 1.82) is 0 Å². The molecule has 0 aromatic heterocycles. The lowest BCUT2D eigenvalue weighted by atomic mass is 9.98. The minimum absolute atomic E-state index is 0.255. The first-order valence-electron chi connectivity index (χ1n) is 6.18. The molecule has 0 amide bonds. The Bertz CT molecular complexity index is 637. The van der Waals surface area contributed by atoms with Gasteiger partial charge in [-0.2, -0.15) is 0 Å². The Balaban J connectivity index is 2.34. The third kappa shape index (κ3) is 3.44. The molecule has 2 aromatic rings. The lowest BCUT2D eigenvalue weighted by molar-refractivity contribution is 0.441. The van der Waals surface area contributed by atoms with Gasteiger partial charge in [-0.15, -0.1) is 0 Å². The molecule has 0 spiro atoms. The monoisotopic (exact) mass is 361 g/mol. The first-order chi connectivity index (χ1) is 9.93. The Kier molecular flexibility index (Phi) is 5.00. The van der Waals surface area contributed by atoms with E-state index in [0.29, 0.717) is 16.5 Å². The van der Waals surface area contributed by atoms with Crippen LogP contribution in [0, 0.1) is 23.3 Å². The van der Waals surface area contributed by atoms with Crippen molar-refractivity contribution in [2.24, 2.45) is 0 Å². The Morgan fingerprint density at radius 1 is 1.05 bits per heavy atom. The standard InChI is InChI=1S/C15H12BrF4N/c1-21-13(7-8-3-2-4-10(17)14(8)16)9-5-11(18)15(20)12(19)6-9/h2-6,13,21H,7H2,1H3. The summed E-state index contributed by atoms with van der Waals surface area (Å²) in [6.45, 7) is 0. The molecule has 1 N–H and O–H groups in total. The summed E-state index contributed by atoms with van der Waals surface area (Å²) in [6.07, 6.45) is 0.291. The van der Waals surface area contributed by atoms with Gasteiger partial charge in [0.15, 0.2) is 17.5 Å². The number of hydrogen-bond donors (Lipinski definition) is 1. The van der Waals surface area contributed by atoms with Crippen molar-refractivity contribution in [3.63, 3.8) is 0 Å². The molecule has 21 heavy (non-hydrogen) atoms. The molecule has 2 aromatic carbocycles. The highest BCUT2D eigenvalue weighted by atomic mass is 79.9. The van der Waals surface area contributed by atoms with Gasteiger partial charge in [0.05, 0.1) is 4.47 Å². The minimum atomic E-state index is -1.50. The third-order valence-corrected chi connectivity index (χ3v) is 4.10. The lowest BCUT2D eigenvalue weighted by Gasteiger charge is -2.18. The summed E-state index contributed by atoms with van der Waals surface area (Å²) >= 11 is 3.14. The predicted octanol–water partition coefficient (Wildman–Crippen LogP) is 4.51. The molecule has 0 aliphatic carbocycles. The normalized spacial score (nSPS) is 12.5. The van der Waals surface area contributed by atoms with Gasteiger partial charge in [-0.3, -0.25) is 0 Å². The van der Waals surface area contributed by atoms with E-state index in [9.17, 15) is 17.6 Å². The van der Waals surface area contributed by atoms with Crippen LogP contribution in [0.4, 0.5) is 17.6 Å². The van der Waals surface area contributed by atoms with Crippen LogP contribution in [0.2, 0.25) is 0 Å². The van der Waals surface area contributed by atoms with Crippen LogP contribution in [0.1, 0.15) is 17.2 Å². The second kappa shape index (κ2) is 6.58. The van der Waals surface area contributed by atoms with E-state index in [4.69, 9.17) is 0 Å². The quantitative estimate of drug-likeness (QED) is 0.624. The average molecular weight is 362 g/mol. The van der Waals surface area contributed by atoms with Gasteiger partial charge in [0.2, 0.25) is 0 Å². The molecule has 1 nitrogen and oxygen atoms in total. The molecule has 1 atom stereocenters. The summed E-state index contributed by atoms with van der Waals surface area (Å²) in [6, 6.07) is 5.95. The zero-order valence-corrected chi connectivity index (χ0v) is 12.6. The number of hydrogen-bond acceptors (Lipinski definition) is 1. The van der Waals surface area contributed by atoms with Crippen LogP contribution in [0.3, 0.4) is 0 Å². The van der Waals surface area contributed by atoms with Gasteiger partial charge in [0.1, 0.15) is 5.82 Å². The molecule has 0 fully saturated rings. The highest BCUT2D eigenvalue weighted by Gasteiger charge is 2.18. The molecule has 0 saturated heterocycles. The maximum absolute atomic E-state index is 13.5. The average Bonchev–Trinajstić information content (AvgIpc) is 2.46. The summed E-state index contributed by atoms with van der Waals surface area (Å²) < 4.78 is 53.4. The van der Waals surface area contributed by atoms with Gasteiger partial charge in [0.25, 0.3) is 0 Å². The van der Waals surface area contributed by atoms with Crippen LogP contribution < -0.4 is 5.32 Å². The fraction of sp³-hybridized carbons (Fsp3) is 0.200. The van der Waals surface area contributed by atoms with Crippen LogP contribution in [0.5, 0.6) is 0 Å². The summed E-state index contributed by atoms with van der Waals surface area (Å²) in [5.41, 5.74) is 0.893. The second-order valence-corrected chi connectivity index (χ2v) is 5.35.